The first-order valence-corrected chi connectivity index (χ1v) is 18.5. The molecule has 1 aromatic carbocycles. The second kappa shape index (κ2) is 19.5. The van der Waals surface area contributed by atoms with E-state index in [1.807, 2.05) is 20.8 Å². The number of ether oxygens (including phenoxy) is 1. The molecule has 53 heavy (non-hydrogen) atoms. The molecular weight excluding hydrogens is 680 g/mol. The Bertz CT molecular complexity index is 1450. The quantitative estimate of drug-likeness (QED) is 0.186. The molecule has 14 nitrogen and oxygen atoms in total. The molecule has 4 N–H and O–H groups in total. The fourth-order valence-corrected chi connectivity index (χ4v) is 6.07. The largest absolute Gasteiger partial charge is 0.444 e. The number of hydrogen-bond acceptors (Lipinski definition) is 8. The molecule has 1 fully saturated rings. The Morgan fingerprint density at radius 1 is 0.906 bits per heavy atom. The highest BCUT2D eigenvalue weighted by molar-refractivity contribution is 6.38. The summed E-state index contributed by atoms with van der Waals surface area (Å²) < 4.78 is 5.44. The summed E-state index contributed by atoms with van der Waals surface area (Å²) in [5.41, 5.74) is -0.981. The average molecular weight is 743 g/mol. The molecule has 0 spiro atoms. The van der Waals surface area contributed by atoms with Crippen molar-refractivity contribution in [2.45, 2.75) is 124 Å². The van der Waals surface area contributed by atoms with Crippen molar-refractivity contribution in [1.82, 2.24) is 31.1 Å². The second-order valence-corrected chi connectivity index (χ2v) is 16.6. The molecule has 6 amide bonds. The van der Waals surface area contributed by atoms with Crippen LogP contribution in [0, 0.1) is 17.3 Å². The summed E-state index contributed by atoms with van der Waals surface area (Å²) in [5, 5.41) is 10.4. The number of alkyl carbamates (subject to hydrolysis) is 1. The molecule has 14 heteroatoms. The van der Waals surface area contributed by atoms with Crippen molar-refractivity contribution in [3.05, 3.63) is 35.9 Å². The summed E-state index contributed by atoms with van der Waals surface area (Å²) in [7, 11) is 3.12. The van der Waals surface area contributed by atoms with Gasteiger partial charge in [-0.05, 0) is 62.8 Å². The highest BCUT2D eigenvalue weighted by Gasteiger charge is 2.46. The van der Waals surface area contributed by atoms with Crippen LogP contribution in [0.3, 0.4) is 0 Å². The molecule has 1 saturated heterocycles. The summed E-state index contributed by atoms with van der Waals surface area (Å²) >= 11 is 0. The van der Waals surface area contributed by atoms with E-state index in [0.29, 0.717) is 24.3 Å². The first-order chi connectivity index (χ1) is 24.5. The maximum atomic E-state index is 14.2. The van der Waals surface area contributed by atoms with Gasteiger partial charge in [0.05, 0.1) is 12.6 Å². The van der Waals surface area contributed by atoms with Crippen LogP contribution in [0.2, 0.25) is 0 Å². The lowest BCUT2D eigenvalue weighted by Crippen LogP contribution is -2.59. The van der Waals surface area contributed by atoms with Gasteiger partial charge in [0.15, 0.2) is 0 Å². The van der Waals surface area contributed by atoms with Crippen LogP contribution in [0.4, 0.5) is 4.79 Å². The van der Waals surface area contributed by atoms with E-state index in [1.165, 1.54) is 9.80 Å². The number of likely N-dealkylation sites (N-methyl/N-ethyl adjacent to an activating group) is 1. The predicted octanol–water partition coefficient (Wildman–Crippen LogP) is 3.50. The molecule has 0 aromatic heterocycles. The van der Waals surface area contributed by atoms with Crippen LogP contribution in [0.15, 0.2) is 30.3 Å². The Morgan fingerprint density at radius 2 is 1.53 bits per heavy atom. The van der Waals surface area contributed by atoms with Gasteiger partial charge in [-0.1, -0.05) is 84.7 Å². The predicted molar refractivity (Wildman–Crippen MR) is 201 cm³/mol. The first kappa shape index (κ1) is 44.7. The van der Waals surface area contributed by atoms with Crippen molar-refractivity contribution in [1.29, 1.82) is 0 Å². The number of hydrogen-bond donors (Lipinski definition) is 4. The van der Waals surface area contributed by atoms with Crippen molar-refractivity contribution in [3.63, 3.8) is 0 Å². The van der Waals surface area contributed by atoms with Gasteiger partial charge in [-0.15, -0.1) is 0 Å². The topological polar surface area (TPSA) is 183 Å². The molecule has 1 aliphatic rings. The number of rotatable bonds is 16. The normalized spacial score (nSPS) is 17.6. The SMILES string of the molecule is CCC[C@H](NC(=O)[C@@H]1C[C@@H](CCC(C)C)CN1C(=O)[C@@H](NC(=O)OC(C)(C)C)C(C)(C)C)C(=O)C(=O)NCC(=O)NC(C(=O)N(C)C)c1ccccc1. The average Bonchev–Trinajstić information content (AvgIpc) is 3.50. The zero-order valence-electron chi connectivity index (χ0n) is 33.5. The van der Waals surface area contributed by atoms with E-state index in [1.54, 1.807) is 72.1 Å². The van der Waals surface area contributed by atoms with Crippen LogP contribution in [-0.4, -0.2) is 102 Å². The van der Waals surface area contributed by atoms with E-state index >= 15 is 0 Å². The Kier molecular flexibility index (Phi) is 16.5. The Labute approximate surface area is 314 Å². The van der Waals surface area contributed by atoms with Gasteiger partial charge in [-0.3, -0.25) is 28.8 Å². The number of carbonyl (C=O) groups excluding carboxylic acids is 7. The Balaban J connectivity index is 2.23. The summed E-state index contributed by atoms with van der Waals surface area (Å²) in [4.78, 5) is 96.0. The molecule has 0 saturated carbocycles. The second-order valence-electron chi connectivity index (χ2n) is 16.6. The van der Waals surface area contributed by atoms with Crippen LogP contribution in [0.5, 0.6) is 0 Å². The minimum atomic E-state index is -1.21. The number of amides is 6. The smallest absolute Gasteiger partial charge is 0.408 e. The van der Waals surface area contributed by atoms with Crippen LogP contribution in [0.1, 0.15) is 106 Å². The maximum absolute atomic E-state index is 14.2. The van der Waals surface area contributed by atoms with E-state index in [0.717, 1.165) is 12.8 Å². The molecular formula is C39H62N6O8. The van der Waals surface area contributed by atoms with Crippen LogP contribution >= 0.6 is 0 Å². The van der Waals surface area contributed by atoms with Gasteiger partial charge in [0.1, 0.15) is 23.7 Å². The minimum Gasteiger partial charge on any atom is -0.444 e. The van der Waals surface area contributed by atoms with Crippen molar-refractivity contribution >= 4 is 41.4 Å². The summed E-state index contributed by atoms with van der Waals surface area (Å²) in [6.07, 6.45) is 1.85. The molecule has 1 aliphatic heterocycles. The number of nitrogens with one attached hydrogen (secondary N) is 4. The maximum Gasteiger partial charge on any atom is 0.408 e. The van der Waals surface area contributed by atoms with Gasteiger partial charge >= 0.3 is 6.09 Å². The number of Topliss-reactive ketones (excluding diaryl/α,β-unsaturated/α-hetero) is 1. The van der Waals surface area contributed by atoms with E-state index in [2.05, 4.69) is 35.1 Å². The molecule has 0 radical (unpaired) electrons. The summed E-state index contributed by atoms with van der Waals surface area (Å²) in [6, 6.07) is 4.45. The van der Waals surface area contributed by atoms with Crippen LogP contribution in [0.25, 0.3) is 0 Å². The van der Waals surface area contributed by atoms with Gasteiger partial charge < -0.3 is 35.8 Å². The third kappa shape index (κ3) is 14.1. The third-order valence-electron chi connectivity index (χ3n) is 8.87. The van der Waals surface area contributed by atoms with Crippen molar-refractivity contribution in [2.75, 3.05) is 27.2 Å². The molecule has 0 aliphatic carbocycles. The van der Waals surface area contributed by atoms with E-state index in [9.17, 15) is 33.6 Å². The number of nitrogens with zero attached hydrogens (tertiary/aromatic N) is 2. The molecule has 1 aromatic rings. The zero-order chi connectivity index (χ0) is 40.3. The first-order valence-electron chi connectivity index (χ1n) is 18.5. The fourth-order valence-electron chi connectivity index (χ4n) is 6.07. The van der Waals surface area contributed by atoms with E-state index in [4.69, 9.17) is 4.74 Å². The van der Waals surface area contributed by atoms with Crippen LogP contribution in [-0.2, 0) is 33.5 Å². The number of benzene rings is 1. The number of ketones is 1. The molecule has 296 valence electrons. The standard InChI is InChI=1S/C39H62N6O8/c1-12-16-27(31(47)34(49)40-22-29(46)42-30(35(50)44(10)11)26-17-14-13-15-18-26)41-33(48)28-21-25(20-19-24(2)3)23-45(28)36(51)32(38(4,5)6)43-37(52)53-39(7,8)9/h13-15,17-18,24-25,27-28,30,32H,12,16,19-23H2,1-11H3,(H,40,49)(H,41,48)(H,42,46)(H,43,52)/t25-,27+,28+,30?,32-/m1/s1. The molecule has 1 heterocycles. The highest BCUT2D eigenvalue weighted by atomic mass is 16.6. The molecule has 0 bridgehead atoms. The van der Waals surface area contributed by atoms with E-state index < -0.39 is 77.2 Å². The van der Waals surface area contributed by atoms with Crippen LogP contribution < -0.4 is 21.3 Å². The minimum absolute atomic E-state index is 0.000437. The van der Waals surface area contributed by atoms with Gasteiger partial charge in [0.25, 0.3) is 5.91 Å². The van der Waals surface area contributed by atoms with Gasteiger partial charge in [0, 0.05) is 20.6 Å². The Morgan fingerprint density at radius 3 is 2.06 bits per heavy atom. The third-order valence-corrected chi connectivity index (χ3v) is 8.87. The van der Waals surface area contributed by atoms with Crippen molar-refractivity contribution in [2.24, 2.45) is 17.3 Å². The fraction of sp³-hybridized carbons (Fsp3) is 0.667. The lowest BCUT2D eigenvalue weighted by Gasteiger charge is -2.36. The lowest BCUT2D eigenvalue weighted by atomic mass is 9.85. The zero-order valence-corrected chi connectivity index (χ0v) is 33.5. The van der Waals surface area contributed by atoms with Crippen molar-refractivity contribution in [3.8, 4) is 0 Å². The van der Waals surface area contributed by atoms with Gasteiger partial charge in [-0.2, -0.15) is 0 Å². The summed E-state index contributed by atoms with van der Waals surface area (Å²) in [6.45, 7) is 16.3. The summed E-state index contributed by atoms with van der Waals surface area (Å²) in [5.74, 6) is -3.69. The molecule has 5 atom stereocenters. The number of likely N-dealkylation sites (tertiary alicyclic amines) is 1. The van der Waals surface area contributed by atoms with Gasteiger partial charge in [0.2, 0.25) is 29.4 Å². The Hall–Kier alpha value is -4.49. The number of carbonyl (C=O) groups is 7. The highest BCUT2D eigenvalue weighted by Crippen LogP contribution is 2.32. The van der Waals surface area contributed by atoms with Gasteiger partial charge in [-0.25, -0.2) is 4.79 Å². The monoisotopic (exact) mass is 742 g/mol. The van der Waals surface area contributed by atoms with Crippen molar-refractivity contribution < 1.29 is 38.3 Å². The molecule has 2 rings (SSSR count). The van der Waals surface area contributed by atoms with E-state index in [-0.39, 0.29) is 24.8 Å². The lowest BCUT2D eigenvalue weighted by molar-refractivity contribution is -0.144. The molecule has 1 unspecified atom stereocenters.